The standard InChI is InChI=1S/C15H25N5O/c1-15(2,3)20-13-11(12(16)21)9-17-14(19-13)18-10-7-5-4-6-8-10/h9-10H,4-8H2,1-3H3,(H2,16,21)(H2,17,18,19,20). The first-order valence-corrected chi connectivity index (χ1v) is 7.57. The van der Waals surface area contributed by atoms with Crippen LogP contribution in [-0.2, 0) is 0 Å². The Balaban J connectivity index is 2.19. The lowest BCUT2D eigenvalue weighted by Gasteiger charge is -2.25. The second-order valence-electron chi connectivity index (χ2n) is 6.67. The van der Waals surface area contributed by atoms with Gasteiger partial charge < -0.3 is 16.4 Å². The lowest BCUT2D eigenvalue weighted by Crippen LogP contribution is -2.30. The van der Waals surface area contributed by atoms with Crippen LogP contribution in [0, 0.1) is 0 Å². The summed E-state index contributed by atoms with van der Waals surface area (Å²) in [5.41, 5.74) is 5.50. The molecule has 0 aromatic carbocycles. The highest BCUT2D eigenvalue weighted by atomic mass is 16.1. The fraction of sp³-hybridized carbons (Fsp3) is 0.667. The molecule has 1 aromatic rings. The number of anilines is 2. The molecule has 2 rings (SSSR count). The summed E-state index contributed by atoms with van der Waals surface area (Å²) in [7, 11) is 0. The Morgan fingerprint density at radius 3 is 2.52 bits per heavy atom. The van der Waals surface area contributed by atoms with Gasteiger partial charge in [-0.1, -0.05) is 19.3 Å². The Bertz CT molecular complexity index is 503. The zero-order valence-electron chi connectivity index (χ0n) is 13.1. The molecule has 1 amide bonds. The molecule has 1 aromatic heterocycles. The molecule has 1 heterocycles. The fourth-order valence-corrected chi connectivity index (χ4v) is 2.51. The second-order valence-corrected chi connectivity index (χ2v) is 6.67. The molecule has 1 aliphatic carbocycles. The number of nitrogens with two attached hydrogens (primary N) is 1. The van der Waals surface area contributed by atoms with Crippen molar-refractivity contribution in [2.45, 2.75) is 64.5 Å². The van der Waals surface area contributed by atoms with Crippen molar-refractivity contribution in [2.75, 3.05) is 10.6 Å². The third-order valence-electron chi connectivity index (χ3n) is 3.49. The summed E-state index contributed by atoms with van der Waals surface area (Å²) in [5, 5.41) is 6.58. The molecule has 1 fully saturated rings. The normalized spacial score (nSPS) is 16.5. The molecule has 0 bridgehead atoms. The predicted molar refractivity (Wildman–Crippen MR) is 84.4 cm³/mol. The van der Waals surface area contributed by atoms with Crippen molar-refractivity contribution in [2.24, 2.45) is 5.73 Å². The van der Waals surface area contributed by atoms with Crippen LogP contribution in [0.2, 0.25) is 0 Å². The van der Waals surface area contributed by atoms with Gasteiger partial charge in [0.05, 0.1) is 5.56 Å². The summed E-state index contributed by atoms with van der Waals surface area (Å²) >= 11 is 0. The third-order valence-corrected chi connectivity index (χ3v) is 3.49. The summed E-state index contributed by atoms with van der Waals surface area (Å²) in [6.07, 6.45) is 7.56. The summed E-state index contributed by atoms with van der Waals surface area (Å²) in [6.45, 7) is 6.02. The predicted octanol–water partition coefficient (Wildman–Crippen LogP) is 2.53. The van der Waals surface area contributed by atoms with Crippen LogP contribution >= 0.6 is 0 Å². The van der Waals surface area contributed by atoms with Crippen LogP contribution in [-0.4, -0.2) is 27.5 Å². The molecule has 0 saturated heterocycles. The molecule has 6 nitrogen and oxygen atoms in total. The molecule has 21 heavy (non-hydrogen) atoms. The largest absolute Gasteiger partial charge is 0.365 e. The van der Waals surface area contributed by atoms with Crippen LogP contribution in [0.5, 0.6) is 0 Å². The van der Waals surface area contributed by atoms with E-state index in [0.717, 1.165) is 12.8 Å². The van der Waals surface area contributed by atoms with E-state index in [1.165, 1.54) is 25.5 Å². The number of carbonyl (C=O) groups is 1. The molecule has 0 unspecified atom stereocenters. The van der Waals surface area contributed by atoms with Crippen LogP contribution in [0.4, 0.5) is 11.8 Å². The minimum absolute atomic E-state index is 0.208. The molecule has 0 spiro atoms. The van der Waals surface area contributed by atoms with Crippen LogP contribution in [0.3, 0.4) is 0 Å². The molecule has 1 aliphatic rings. The molecular formula is C15H25N5O. The number of nitrogens with one attached hydrogen (secondary N) is 2. The van der Waals surface area contributed by atoms with E-state index in [9.17, 15) is 4.79 Å². The van der Waals surface area contributed by atoms with Crippen LogP contribution in [0.15, 0.2) is 6.20 Å². The van der Waals surface area contributed by atoms with Crippen molar-refractivity contribution < 1.29 is 4.79 Å². The van der Waals surface area contributed by atoms with E-state index >= 15 is 0 Å². The maximum atomic E-state index is 11.5. The highest BCUT2D eigenvalue weighted by molar-refractivity contribution is 5.97. The SMILES string of the molecule is CC(C)(C)Nc1nc(NC2CCCCC2)ncc1C(N)=O. The van der Waals surface area contributed by atoms with Crippen molar-refractivity contribution in [3.05, 3.63) is 11.8 Å². The number of primary amides is 1. The number of nitrogens with zero attached hydrogens (tertiary/aromatic N) is 2. The third kappa shape index (κ3) is 4.58. The van der Waals surface area contributed by atoms with Crippen molar-refractivity contribution in [1.82, 2.24) is 9.97 Å². The lowest BCUT2D eigenvalue weighted by molar-refractivity contribution is 0.100. The number of aromatic nitrogens is 2. The zero-order chi connectivity index (χ0) is 15.5. The first-order chi connectivity index (χ1) is 9.85. The van der Waals surface area contributed by atoms with E-state index in [1.807, 2.05) is 20.8 Å². The van der Waals surface area contributed by atoms with Gasteiger partial charge in [0.15, 0.2) is 0 Å². The Kier molecular flexibility index (Phi) is 4.65. The van der Waals surface area contributed by atoms with Gasteiger partial charge in [-0.25, -0.2) is 4.98 Å². The highest BCUT2D eigenvalue weighted by Crippen LogP contribution is 2.22. The number of amides is 1. The van der Waals surface area contributed by atoms with Gasteiger partial charge in [0.2, 0.25) is 5.95 Å². The summed E-state index contributed by atoms with van der Waals surface area (Å²) in [6, 6.07) is 0.417. The Labute approximate surface area is 125 Å². The van der Waals surface area contributed by atoms with Gasteiger partial charge in [-0.05, 0) is 33.6 Å². The maximum Gasteiger partial charge on any atom is 0.254 e. The Morgan fingerprint density at radius 2 is 1.95 bits per heavy atom. The average Bonchev–Trinajstić information content (AvgIpc) is 2.37. The van der Waals surface area contributed by atoms with Gasteiger partial charge in [-0.3, -0.25) is 4.79 Å². The van der Waals surface area contributed by atoms with Gasteiger partial charge in [0, 0.05) is 17.8 Å². The maximum absolute atomic E-state index is 11.5. The van der Waals surface area contributed by atoms with Crippen LogP contribution in [0.1, 0.15) is 63.2 Å². The Morgan fingerprint density at radius 1 is 1.29 bits per heavy atom. The fourth-order valence-electron chi connectivity index (χ4n) is 2.51. The quantitative estimate of drug-likeness (QED) is 0.792. The average molecular weight is 291 g/mol. The van der Waals surface area contributed by atoms with Crippen molar-refractivity contribution >= 4 is 17.7 Å². The minimum Gasteiger partial charge on any atom is -0.365 e. The molecular weight excluding hydrogens is 266 g/mol. The van der Waals surface area contributed by atoms with Crippen molar-refractivity contribution in [3.63, 3.8) is 0 Å². The van der Waals surface area contributed by atoms with E-state index < -0.39 is 5.91 Å². The number of hydrogen-bond donors (Lipinski definition) is 3. The second kappa shape index (κ2) is 6.28. The Hall–Kier alpha value is -1.85. The molecule has 0 radical (unpaired) electrons. The topological polar surface area (TPSA) is 92.9 Å². The molecule has 1 saturated carbocycles. The van der Waals surface area contributed by atoms with E-state index in [-0.39, 0.29) is 5.54 Å². The molecule has 0 aliphatic heterocycles. The van der Waals surface area contributed by atoms with E-state index in [1.54, 1.807) is 0 Å². The number of rotatable bonds is 4. The summed E-state index contributed by atoms with van der Waals surface area (Å²) < 4.78 is 0. The van der Waals surface area contributed by atoms with Gasteiger partial charge in [0.25, 0.3) is 5.91 Å². The van der Waals surface area contributed by atoms with Gasteiger partial charge in [-0.15, -0.1) is 0 Å². The minimum atomic E-state index is -0.522. The smallest absolute Gasteiger partial charge is 0.254 e. The van der Waals surface area contributed by atoms with Gasteiger partial charge >= 0.3 is 0 Å². The number of hydrogen-bond acceptors (Lipinski definition) is 5. The van der Waals surface area contributed by atoms with Gasteiger partial charge in [0.1, 0.15) is 5.82 Å². The van der Waals surface area contributed by atoms with Crippen LogP contribution in [0.25, 0.3) is 0 Å². The lowest BCUT2D eigenvalue weighted by atomic mass is 9.96. The first-order valence-electron chi connectivity index (χ1n) is 7.57. The monoisotopic (exact) mass is 291 g/mol. The highest BCUT2D eigenvalue weighted by Gasteiger charge is 2.19. The van der Waals surface area contributed by atoms with Crippen molar-refractivity contribution in [1.29, 1.82) is 0 Å². The van der Waals surface area contributed by atoms with E-state index in [4.69, 9.17) is 5.73 Å². The summed E-state index contributed by atoms with van der Waals surface area (Å²) in [5.74, 6) is 0.521. The number of carbonyl (C=O) groups excluding carboxylic acids is 1. The molecule has 116 valence electrons. The molecule has 0 atom stereocenters. The molecule has 6 heteroatoms. The summed E-state index contributed by atoms with van der Waals surface area (Å²) in [4.78, 5) is 20.2. The van der Waals surface area contributed by atoms with E-state index in [0.29, 0.717) is 23.4 Å². The van der Waals surface area contributed by atoms with Crippen LogP contribution < -0.4 is 16.4 Å². The molecule has 4 N–H and O–H groups in total. The van der Waals surface area contributed by atoms with Gasteiger partial charge in [-0.2, -0.15) is 4.98 Å². The van der Waals surface area contributed by atoms with E-state index in [2.05, 4.69) is 20.6 Å². The first kappa shape index (κ1) is 15.5. The van der Waals surface area contributed by atoms with Crippen molar-refractivity contribution in [3.8, 4) is 0 Å². The zero-order valence-corrected chi connectivity index (χ0v) is 13.1.